The third kappa shape index (κ3) is 1.79. The van der Waals surface area contributed by atoms with E-state index in [2.05, 4.69) is 42.3 Å². The molecule has 2 fully saturated rings. The highest BCUT2D eigenvalue weighted by atomic mass is 15.3. The molecule has 3 heterocycles. The van der Waals surface area contributed by atoms with E-state index in [1.165, 1.54) is 30.9 Å². The summed E-state index contributed by atoms with van der Waals surface area (Å²) in [5.74, 6) is 1.63. The second kappa shape index (κ2) is 4.07. The second-order valence-corrected chi connectivity index (χ2v) is 6.47. The van der Waals surface area contributed by atoms with Gasteiger partial charge in [0, 0.05) is 44.0 Å². The average Bonchev–Trinajstić information content (AvgIpc) is 2.90. The molecule has 1 aromatic heterocycles. The molecule has 0 saturated carbocycles. The molecule has 2 saturated heterocycles. The molecule has 3 rings (SSSR count). The zero-order valence-corrected chi connectivity index (χ0v) is 11.9. The lowest BCUT2D eigenvalue weighted by Gasteiger charge is -2.35. The van der Waals surface area contributed by atoms with Gasteiger partial charge in [-0.2, -0.15) is 5.10 Å². The standard InChI is InChI=1S/C14H24N4/c1-10-12(7-17(4)16-10)9-18-8-11-5-15-6-13(11)14(18,2)3/h7,11,13,15H,5-6,8-9H2,1-4H3. The summed E-state index contributed by atoms with van der Waals surface area (Å²) in [6.07, 6.45) is 2.16. The summed E-state index contributed by atoms with van der Waals surface area (Å²) < 4.78 is 1.93. The van der Waals surface area contributed by atoms with Crippen LogP contribution in [0, 0.1) is 18.8 Å². The molecule has 2 aliphatic rings. The highest BCUT2D eigenvalue weighted by Gasteiger charge is 2.49. The number of nitrogens with one attached hydrogen (secondary N) is 1. The summed E-state index contributed by atoms with van der Waals surface area (Å²) >= 11 is 0. The van der Waals surface area contributed by atoms with Crippen LogP contribution in [0.3, 0.4) is 0 Å². The predicted molar refractivity (Wildman–Crippen MR) is 72.3 cm³/mol. The van der Waals surface area contributed by atoms with Crippen molar-refractivity contribution in [1.82, 2.24) is 20.0 Å². The van der Waals surface area contributed by atoms with Crippen molar-refractivity contribution in [1.29, 1.82) is 0 Å². The highest BCUT2D eigenvalue weighted by Crippen LogP contribution is 2.41. The Balaban J connectivity index is 1.79. The Morgan fingerprint density at radius 3 is 2.83 bits per heavy atom. The van der Waals surface area contributed by atoms with E-state index in [-0.39, 0.29) is 0 Å². The Labute approximate surface area is 109 Å². The maximum Gasteiger partial charge on any atom is 0.0638 e. The van der Waals surface area contributed by atoms with Crippen molar-refractivity contribution in [2.45, 2.75) is 32.9 Å². The molecule has 0 aromatic carbocycles. The van der Waals surface area contributed by atoms with Gasteiger partial charge < -0.3 is 5.32 Å². The van der Waals surface area contributed by atoms with Gasteiger partial charge in [0.05, 0.1) is 5.69 Å². The van der Waals surface area contributed by atoms with Gasteiger partial charge in [-0.15, -0.1) is 0 Å². The molecule has 2 atom stereocenters. The van der Waals surface area contributed by atoms with Gasteiger partial charge in [-0.1, -0.05) is 0 Å². The van der Waals surface area contributed by atoms with E-state index < -0.39 is 0 Å². The fourth-order valence-electron chi connectivity index (χ4n) is 3.78. The van der Waals surface area contributed by atoms with Gasteiger partial charge in [-0.25, -0.2) is 0 Å². The molecule has 18 heavy (non-hydrogen) atoms. The zero-order valence-electron chi connectivity index (χ0n) is 11.9. The van der Waals surface area contributed by atoms with E-state index in [0.29, 0.717) is 5.54 Å². The lowest BCUT2D eigenvalue weighted by molar-refractivity contribution is 0.132. The zero-order chi connectivity index (χ0) is 12.9. The van der Waals surface area contributed by atoms with Crippen molar-refractivity contribution in [3.05, 3.63) is 17.5 Å². The minimum Gasteiger partial charge on any atom is -0.316 e. The number of nitrogens with zero attached hydrogens (tertiary/aromatic N) is 3. The number of rotatable bonds is 2. The SMILES string of the molecule is Cc1nn(C)cc1CN1CC2CNCC2C1(C)C. The van der Waals surface area contributed by atoms with Crippen molar-refractivity contribution in [2.75, 3.05) is 19.6 Å². The first-order valence-corrected chi connectivity index (χ1v) is 6.93. The monoisotopic (exact) mass is 248 g/mol. The van der Waals surface area contributed by atoms with Crippen LogP contribution in [0.4, 0.5) is 0 Å². The van der Waals surface area contributed by atoms with E-state index in [0.717, 1.165) is 18.4 Å². The van der Waals surface area contributed by atoms with Crippen LogP contribution in [0.2, 0.25) is 0 Å². The van der Waals surface area contributed by atoms with E-state index in [1.807, 2.05) is 11.7 Å². The third-order valence-corrected chi connectivity index (χ3v) is 4.99. The minimum absolute atomic E-state index is 0.302. The van der Waals surface area contributed by atoms with Gasteiger partial charge in [0.2, 0.25) is 0 Å². The molecule has 0 spiro atoms. The quantitative estimate of drug-likeness (QED) is 0.852. The number of hydrogen-bond acceptors (Lipinski definition) is 3. The summed E-state index contributed by atoms with van der Waals surface area (Å²) in [4.78, 5) is 2.65. The summed E-state index contributed by atoms with van der Waals surface area (Å²) in [6, 6.07) is 0. The van der Waals surface area contributed by atoms with Gasteiger partial charge in [0.15, 0.2) is 0 Å². The summed E-state index contributed by atoms with van der Waals surface area (Å²) in [5.41, 5.74) is 2.85. The van der Waals surface area contributed by atoms with Crippen LogP contribution in [0.5, 0.6) is 0 Å². The number of fused-ring (bicyclic) bond motifs is 1. The Bertz CT molecular complexity index is 449. The van der Waals surface area contributed by atoms with Crippen LogP contribution in [0.25, 0.3) is 0 Å². The highest BCUT2D eigenvalue weighted by molar-refractivity contribution is 5.17. The maximum atomic E-state index is 4.45. The molecule has 0 aliphatic carbocycles. The molecule has 2 unspecified atom stereocenters. The van der Waals surface area contributed by atoms with E-state index in [4.69, 9.17) is 0 Å². The van der Waals surface area contributed by atoms with Crippen molar-refractivity contribution in [3.63, 3.8) is 0 Å². The Hall–Kier alpha value is -0.870. The van der Waals surface area contributed by atoms with Crippen LogP contribution in [0.15, 0.2) is 6.20 Å². The fraction of sp³-hybridized carbons (Fsp3) is 0.786. The topological polar surface area (TPSA) is 33.1 Å². The maximum absolute atomic E-state index is 4.45. The van der Waals surface area contributed by atoms with Crippen LogP contribution < -0.4 is 5.32 Å². The first-order valence-electron chi connectivity index (χ1n) is 6.93. The second-order valence-electron chi connectivity index (χ2n) is 6.47. The molecular formula is C14H24N4. The average molecular weight is 248 g/mol. The Morgan fingerprint density at radius 1 is 1.44 bits per heavy atom. The molecule has 0 radical (unpaired) electrons. The Kier molecular flexibility index (Phi) is 2.75. The summed E-state index contributed by atoms with van der Waals surface area (Å²) in [5, 5.41) is 7.99. The van der Waals surface area contributed by atoms with Crippen LogP contribution >= 0.6 is 0 Å². The lowest BCUT2D eigenvalue weighted by Crippen LogP contribution is -2.43. The van der Waals surface area contributed by atoms with Gasteiger partial charge >= 0.3 is 0 Å². The normalized spacial score (nSPS) is 30.9. The molecule has 1 N–H and O–H groups in total. The molecule has 4 heteroatoms. The number of likely N-dealkylation sites (tertiary alicyclic amines) is 1. The van der Waals surface area contributed by atoms with Gasteiger partial charge in [-0.3, -0.25) is 9.58 Å². The van der Waals surface area contributed by atoms with Crippen molar-refractivity contribution < 1.29 is 0 Å². The van der Waals surface area contributed by atoms with E-state index in [9.17, 15) is 0 Å². The minimum atomic E-state index is 0.302. The van der Waals surface area contributed by atoms with Crippen LogP contribution in [-0.2, 0) is 13.6 Å². The number of aromatic nitrogens is 2. The van der Waals surface area contributed by atoms with Crippen molar-refractivity contribution in [3.8, 4) is 0 Å². The van der Waals surface area contributed by atoms with E-state index in [1.54, 1.807) is 0 Å². The van der Waals surface area contributed by atoms with Crippen LogP contribution in [0.1, 0.15) is 25.1 Å². The van der Waals surface area contributed by atoms with Crippen molar-refractivity contribution in [2.24, 2.45) is 18.9 Å². The first-order chi connectivity index (χ1) is 8.48. The molecule has 4 nitrogen and oxygen atoms in total. The van der Waals surface area contributed by atoms with Crippen molar-refractivity contribution >= 4 is 0 Å². The molecule has 2 aliphatic heterocycles. The van der Waals surface area contributed by atoms with E-state index >= 15 is 0 Å². The smallest absolute Gasteiger partial charge is 0.0638 e. The third-order valence-electron chi connectivity index (χ3n) is 4.99. The Morgan fingerprint density at radius 2 is 2.22 bits per heavy atom. The predicted octanol–water partition coefficient (Wildman–Crippen LogP) is 1.16. The largest absolute Gasteiger partial charge is 0.316 e. The fourth-order valence-corrected chi connectivity index (χ4v) is 3.78. The van der Waals surface area contributed by atoms with Gasteiger partial charge in [0.25, 0.3) is 0 Å². The number of aryl methyl sites for hydroxylation is 2. The molecule has 100 valence electrons. The van der Waals surface area contributed by atoms with Gasteiger partial charge in [-0.05, 0) is 39.2 Å². The summed E-state index contributed by atoms with van der Waals surface area (Å²) in [7, 11) is 2.00. The summed E-state index contributed by atoms with van der Waals surface area (Å²) in [6.45, 7) is 11.5. The lowest BCUT2D eigenvalue weighted by atomic mass is 9.85. The molecule has 1 aromatic rings. The molecule has 0 amide bonds. The van der Waals surface area contributed by atoms with Gasteiger partial charge in [0.1, 0.15) is 0 Å². The van der Waals surface area contributed by atoms with Crippen LogP contribution in [-0.4, -0.2) is 39.9 Å². The molecule has 0 bridgehead atoms. The molecular weight excluding hydrogens is 224 g/mol. The first kappa shape index (κ1) is 12.2. The number of hydrogen-bond donors (Lipinski definition) is 1.